The van der Waals surface area contributed by atoms with Crippen LogP contribution in [0.2, 0.25) is 0 Å². The molecule has 0 unspecified atom stereocenters. The summed E-state index contributed by atoms with van der Waals surface area (Å²) in [5.41, 5.74) is 6.90. The second-order valence-electron chi connectivity index (χ2n) is 5.98. The van der Waals surface area contributed by atoms with E-state index in [4.69, 9.17) is 17.0 Å². The highest BCUT2D eigenvalue weighted by Crippen LogP contribution is 2.13. The Hall–Kier alpha value is -2.60. The predicted octanol–water partition coefficient (Wildman–Crippen LogP) is 3.03. The van der Waals surface area contributed by atoms with Gasteiger partial charge in [-0.3, -0.25) is 15.6 Å². The molecule has 0 atom stereocenters. The quantitative estimate of drug-likeness (QED) is 0.548. The molecule has 0 aliphatic carbocycles. The summed E-state index contributed by atoms with van der Waals surface area (Å²) in [6, 6.07) is 16.9. The van der Waals surface area contributed by atoms with Crippen LogP contribution in [0.25, 0.3) is 0 Å². The Morgan fingerprint density at radius 3 is 2.36 bits per heavy atom. The van der Waals surface area contributed by atoms with Crippen molar-refractivity contribution in [3.05, 3.63) is 65.7 Å². The molecule has 0 aliphatic rings. The number of hydrogen-bond acceptors (Lipinski definition) is 3. The number of thiocarbonyl (C=S) groups is 1. The van der Waals surface area contributed by atoms with Crippen molar-refractivity contribution in [1.82, 2.24) is 16.2 Å². The Balaban J connectivity index is 1.74. The van der Waals surface area contributed by atoms with Gasteiger partial charge in [0.25, 0.3) is 5.91 Å². The van der Waals surface area contributed by atoms with Crippen LogP contribution in [0.5, 0.6) is 5.75 Å². The molecule has 2 aromatic carbocycles. The summed E-state index contributed by atoms with van der Waals surface area (Å²) in [6.45, 7) is 5.41. The first-order valence-corrected chi connectivity index (χ1v) is 8.56. The van der Waals surface area contributed by atoms with Crippen molar-refractivity contribution in [3.8, 4) is 5.75 Å². The first kappa shape index (κ1) is 18.7. The Bertz CT molecular complexity index is 688. The summed E-state index contributed by atoms with van der Waals surface area (Å²) in [6.07, 6.45) is 0. The maximum atomic E-state index is 12.1. The average Bonchev–Trinajstić information content (AvgIpc) is 2.64. The van der Waals surface area contributed by atoms with Crippen molar-refractivity contribution in [1.29, 1.82) is 0 Å². The van der Waals surface area contributed by atoms with Gasteiger partial charge in [0.1, 0.15) is 5.75 Å². The molecule has 0 heterocycles. The first-order valence-electron chi connectivity index (χ1n) is 8.15. The lowest BCUT2D eigenvalue weighted by molar-refractivity contribution is 0.0943. The van der Waals surface area contributed by atoms with E-state index in [0.29, 0.717) is 29.7 Å². The minimum Gasteiger partial charge on any atom is -0.493 e. The summed E-state index contributed by atoms with van der Waals surface area (Å²) in [5.74, 6) is 0.939. The lowest BCUT2D eigenvalue weighted by Crippen LogP contribution is -2.46. The lowest BCUT2D eigenvalue weighted by atomic mass is 10.2. The molecule has 132 valence electrons. The third kappa shape index (κ3) is 6.81. The molecule has 0 saturated carbocycles. The molecule has 25 heavy (non-hydrogen) atoms. The van der Waals surface area contributed by atoms with Gasteiger partial charge in [-0.1, -0.05) is 44.2 Å². The third-order valence-electron chi connectivity index (χ3n) is 3.29. The molecule has 5 nitrogen and oxygen atoms in total. The number of carbonyl (C=O) groups is 1. The van der Waals surface area contributed by atoms with Crippen LogP contribution in [0.3, 0.4) is 0 Å². The van der Waals surface area contributed by atoms with E-state index in [-0.39, 0.29) is 5.91 Å². The second-order valence-corrected chi connectivity index (χ2v) is 6.38. The van der Waals surface area contributed by atoms with Gasteiger partial charge >= 0.3 is 0 Å². The van der Waals surface area contributed by atoms with Gasteiger partial charge in [0.05, 0.1) is 6.61 Å². The Morgan fingerprint density at radius 2 is 1.72 bits per heavy atom. The van der Waals surface area contributed by atoms with Crippen molar-refractivity contribution >= 4 is 23.2 Å². The first-order chi connectivity index (χ1) is 12.0. The van der Waals surface area contributed by atoms with Crippen LogP contribution in [-0.2, 0) is 6.54 Å². The van der Waals surface area contributed by atoms with Crippen molar-refractivity contribution in [2.75, 3.05) is 6.61 Å². The van der Waals surface area contributed by atoms with Crippen LogP contribution >= 0.6 is 12.2 Å². The molecule has 0 aromatic heterocycles. The lowest BCUT2D eigenvalue weighted by Gasteiger charge is -2.12. The largest absolute Gasteiger partial charge is 0.493 e. The van der Waals surface area contributed by atoms with Gasteiger partial charge in [-0.15, -0.1) is 0 Å². The van der Waals surface area contributed by atoms with Crippen LogP contribution in [0.1, 0.15) is 29.8 Å². The standard InChI is InChI=1S/C19H23N3O2S/c1-14(2)13-24-17-10-8-16(9-11-17)18(23)21-22-19(25)20-12-15-6-4-3-5-7-15/h3-11,14H,12-13H2,1-2H3,(H,21,23)(H2,20,22,25). The fraction of sp³-hybridized carbons (Fsp3) is 0.263. The number of rotatable bonds is 6. The van der Waals surface area contributed by atoms with Crippen molar-refractivity contribution < 1.29 is 9.53 Å². The SMILES string of the molecule is CC(C)COc1ccc(C(=O)NNC(=S)NCc2ccccc2)cc1. The number of hydrogen-bond donors (Lipinski definition) is 3. The summed E-state index contributed by atoms with van der Waals surface area (Å²) in [7, 11) is 0. The van der Waals surface area contributed by atoms with Crippen LogP contribution in [0.15, 0.2) is 54.6 Å². The molecule has 6 heteroatoms. The van der Waals surface area contributed by atoms with Gasteiger partial charge in [-0.2, -0.15) is 0 Å². The minimum atomic E-state index is -0.265. The zero-order chi connectivity index (χ0) is 18.1. The van der Waals surface area contributed by atoms with Crippen LogP contribution in [-0.4, -0.2) is 17.6 Å². The number of benzene rings is 2. The Kier molecular flexibility index (Phi) is 7.22. The molecule has 0 radical (unpaired) electrons. The summed E-state index contributed by atoms with van der Waals surface area (Å²) < 4.78 is 5.60. The fourth-order valence-electron chi connectivity index (χ4n) is 1.97. The van der Waals surface area contributed by atoms with Gasteiger partial charge in [0.2, 0.25) is 0 Å². The topological polar surface area (TPSA) is 62.4 Å². The predicted molar refractivity (Wildman–Crippen MR) is 103 cm³/mol. The highest BCUT2D eigenvalue weighted by atomic mass is 32.1. The Labute approximate surface area is 153 Å². The van der Waals surface area contributed by atoms with E-state index in [1.807, 2.05) is 30.3 Å². The molecule has 0 fully saturated rings. The molecule has 0 bridgehead atoms. The van der Waals surface area contributed by atoms with Crippen LogP contribution in [0.4, 0.5) is 0 Å². The van der Waals surface area contributed by atoms with Crippen molar-refractivity contribution in [3.63, 3.8) is 0 Å². The minimum absolute atomic E-state index is 0.265. The molecule has 2 aromatic rings. The zero-order valence-corrected chi connectivity index (χ0v) is 15.2. The normalized spacial score (nSPS) is 10.2. The summed E-state index contributed by atoms with van der Waals surface area (Å²) in [4.78, 5) is 12.1. The van der Waals surface area contributed by atoms with Crippen molar-refractivity contribution in [2.45, 2.75) is 20.4 Å². The summed E-state index contributed by atoms with van der Waals surface area (Å²) >= 11 is 5.14. The number of nitrogens with one attached hydrogen (secondary N) is 3. The molecular formula is C19H23N3O2S. The van der Waals surface area contributed by atoms with Gasteiger partial charge in [-0.05, 0) is 48.0 Å². The molecule has 0 spiro atoms. The van der Waals surface area contributed by atoms with Gasteiger partial charge < -0.3 is 10.1 Å². The maximum Gasteiger partial charge on any atom is 0.269 e. The van der Waals surface area contributed by atoms with Gasteiger partial charge in [-0.25, -0.2) is 0 Å². The summed E-state index contributed by atoms with van der Waals surface area (Å²) in [5, 5.41) is 3.38. The maximum absolute atomic E-state index is 12.1. The fourth-order valence-corrected chi connectivity index (χ4v) is 2.10. The van der Waals surface area contributed by atoms with Crippen LogP contribution < -0.4 is 20.9 Å². The van der Waals surface area contributed by atoms with E-state index in [9.17, 15) is 4.79 Å². The highest BCUT2D eigenvalue weighted by Gasteiger charge is 2.06. The zero-order valence-electron chi connectivity index (χ0n) is 14.4. The van der Waals surface area contributed by atoms with Crippen molar-refractivity contribution in [2.24, 2.45) is 5.92 Å². The molecule has 1 amide bonds. The van der Waals surface area contributed by atoms with Crippen LogP contribution in [0, 0.1) is 5.92 Å². The number of hydrazine groups is 1. The molecule has 0 aliphatic heterocycles. The number of amides is 1. The van der Waals surface area contributed by atoms with E-state index >= 15 is 0 Å². The molecule has 3 N–H and O–H groups in total. The Morgan fingerprint density at radius 1 is 1.04 bits per heavy atom. The monoisotopic (exact) mass is 357 g/mol. The average molecular weight is 357 g/mol. The number of carbonyl (C=O) groups excluding carboxylic acids is 1. The van der Waals surface area contributed by atoms with E-state index in [0.717, 1.165) is 11.3 Å². The van der Waals surface area contributed by atoms with E-state index in [1.165, 1.54) is 0 Å². The molecule has 0 saturated heterocycles. The highest BCUT2D eigenvalue weighted by molar-refractivity contribution is 7.80. The molecular weight excluding hydrogens is 334 g/mol. The van der Waals surface area contributed by atoms with E-state index < -0.39 is 0 Å². The number of ether oxygens (including phenoxy) is 1. The van der Waals surface area contributed by atoms with Gasteiger partial charge in [0.15, 0.2) is 5.11 Å². The smallest absolute Gasteiger partial charge is 0.269 e. The van der Waals surface area contributed by atoms with E-state index in [2.05, 4.69) is 30.0 Å². The van der Waals surface area contributed by atoms with Gasteiger partial charge in [0, 0.05) is 12.1 Å². The third-order valence-corrected chi connectivity index (χ3v) is 3.53. The second kappa shape index (κ2) is 9.64. The molecule has 2 rings (SSSR count). The van der Waals surface area contributed by atoms with E-state index in [1.54, 1.807) is 24.3 Å².